The quantitative estimate of drug-likeness (QED) is 0.800. The molecule has 0 fully saturated rings. The predicted molar refractivity (Wildman–Crippen MR) is 93.0 cm³/mol. The van der Waals surface area contributed by atoms with Crippen LogP contribution in [0.3, 0.4) is 0 Å². The molecule has 112 valence electrons. The summed E-state index contributed by atoms with van der Waals surface area (Å²) in [5, 5.41) is 3.93. The first kappa shape index (κ1) is 16.2. The van der Waals surface area contributed by atoms with Gasteiger partial charge in [0, 0.05) is 33.1 Å². The Hall–Kier alpha value is -1.13. The van der Waals surface area contributed by atoms with Crippen LogP contribution in [0.15, 0.2) is 28.7 Å². The third-order valence-electron chi connectivity index (χ3n) is 3.02. The third kappa shape index (κ3) is 3.95. The van der Waals surface area contributed by atoms with Gasteiger partial charge in [0.1, 0.15) is 5.82 Å². The summed E-state index contributed by atoms with van der Waals surface area (Å²) in [5.74, 6) is 1.51. The number of halogens is 2. The number of benzene rings is 1. The molecule has 0 atom stereocenters. The van der Waals surface area contributed by atoms with Crippen molar-refractivity contribution < 1.29 is 0 Å². The first-order valence-corrected chi connectivity index (χ1v) is 8.07. The number of aromatic nitrogens is 2. The van der Waals surface area contributed by atoms with E-state index in [1.54, 1.807) is 0 Å². The third-order valence-corrected chi connectivity index (χ3v) is 3.95. The summed E-state index contributed by atoms with van der Waals surface area (Å²) in [6, 6.07) is 7.64. The number of rotatable bonds is 3. The maximum atomic E-state index is 6.11. The van der Waals surface area contributed by atoms with E-state index in [1.165, 1.54) is 0 Å². The molecule has 1 heterocycles. The van der Waals surface area contributed by atoms with Crippen LogP contribution in [0.25, 0.3) is 11.4 Å². The number of hydrogen-bond acceptors (Lipinski definition) is 3. The molecule has 0 aliphatic carbocycles. The van der Waals surface area contributed by atoms with E-state index in [9.17, 15) is 0 Å². The van der Waals surface area contributed by atoms with Crippen LogP contribution in [-0.2, 0) is 5.41 Å². The minimum absolute atomic E-state index is 0.0487. The Bertz CT molecular complexity index is 650. The van der Waals surface area contributed by atoms with Gasteiger partial charge in [0.2, 0.25) is 0 Å². The van der Waals surface area contributed by atoms with Crippen molar-refractivity contribution in [3.63, 3.8) is 0 Å². The number of nitrogens with zero attached hydrogens (tertiary/aromatic N) is 2. The van der Waals surface area contributed by atoms with Crippen molar-refractivity contribution in [2.24, 2.45) is 0 Å². The van der Waals surface area contributed by atoms with Crippen molar-refractivity contribution in [1.82, 2.24) is 9.97 Å². The molecule has 0 saturated heterocycles. The second-order valence-corrected chi connectivity index (χ2v) is 7.16. The summed E-state index contributed by atoms with van der Waals surface area (Å²) in [4.78, 5) is 9.32. The van der Waals surface area contributed by atoms with Crippen molar-refractivity contribution in [3.05, 3.63) is 39.5 Å². The van der Waals surface area contributed by atoms with Crippen LogP contribution in [-0.4, -0.2) is 16.5 Å². The van der Waals surface area contributed by atoms with Crippen LogP contribution < -0.4 is 5.32 Å². The van der Waals surface area contributed by atoms with Gasteiger partial charge in [-0.3, -0.25) is 0 Å². The topological polar surface area (TPSA) is 37.8 Å². The summed E-state index contributed by atoms with van der Waals surface area (Å²) in [6.07, 6.45) is 0. The predicted octanol–water partition coefficient (Wildman–Crippen LogP) is 5.29. The van der Waals surface area contributed by atoms with Crippen molar-refractivity contribution in [2.45, 2.75) is 33.1 Å². The van der Waals surface area contributed by atoms with E-state index in [1.807, 2.05) is 31.2 Å². The fourth-order valence-electron chi connectivity index (χ4n) is 1.89. The van der Waals surface area contributed by atoms with E-state index in [-0.39, 0.29) is 5.41 Å². The lowest BCUT2D eigenvalue weighted by Crippen LogP contribution is -2.16. The van der Waals surface area contributed by atoms with Crippen molar-refractivity contribution in [2.75, 3.05) is 11.9 Å². The van der Waals surface area contributed by atoms with Gasteiger partial charge in [0.15, 0.2) is 5.82 Å². The molecule has 0 amide bonds. The van der Waals surface area contributed by atoms with Gasteiger partial charge >= 0.3 is 0 Å². The number of hydrogen-bond donors (Lipinski definition) is 1. The lowest BCUT2D eigenvalue weighted by atomic mass is 9.91. The first-order chi connectivity index (χ1) is 9.81. The first-order valence-electron chi connectivity index (χ1n) is 6.90. The summed E-state index contributed by atoms with van der Waals surface area (Å²) < 4.78 is 0.931. The highest BCUT2D eigenvalue weighted by Crippen LogP contribution is 2.31. The van der Waals surface area contributed by atoms with E-state index in [0.717, 1.165) is 28.1 Å². The molecule has 2 aromatic rings. The van der Waals surface area contributed by atoms with Crippen molar-refractivity contribution >= 4 is 33.3 Å². The lowest BCUT2D eigenvalue weighted by Gasteiger charge is -2.20. The standard InChI is InChI=1S/C16H19BrClN3/c1-5-19-14-9-13(16(2,3)4)20-15(21-14)11-8-10(18)6-7-12(11)17/h6-9H,5H2,1-4H3,(H,19,20,21). The SMILES string of the molecule is CCNc1cc(C(C)(C)C)nc(-c2cc(Cl)ccc2Br)n1. The van der Waals surface area contributed by atoms with E-state index < -0.39 is 0 Å². The van der Waals surface area contributed by atoms with Crippen LogP contribution in [0, 0.1) is 0 Å². The van der Waals surface area contributed by atoms with E-state index in [2.05, 4.69) is 47.0 Å². The van der Waals surface area contributed by atoms with Gasteiger partial charge in [-0.25, -0.2) is 9.97 Å². The van der Waals surface area contributed by atoms with Gasteiger partial charge in [-0.2, -0.15) is 0 Å². The molecule has 1 aromatic carbocycles. The second-order valence-electron chi connectivity index (χ2n) is 5.87. The van der Waals surface area contributed by atoms with Gasteiger partial charge in [-0.1, -0.05) is 48.3 Å². The molecule has 5 heteroatoms. The zero-order chi connectivity index (χ0) is 15.6. The molecule has 0 unspecified atom stereocenters. The fraction of sp³-hybridized carbons (Fsp3) is 0.375. The van der Waals surface area contributed by atoms with E-state index in [0.29, 0.717) is 10.8 Å². The Balaban J connectivity index is 2.62. The minimum Gasteiger partial charge on any atom is -0.370 e. The van der Waals surface area contributed by atoms with Crippen molar-refractivity contribution in [3.8, 4) is 11.4 Å². The highest BCUT2D eigenvalue weighted by Gasteiger charge is 2.19. The molecular formula is C16H19BrClN3. The Labute approximate surface area is 139 Å². The zero-order valence-corrected chi connectivity index (χ0v) is 15.0. The summed E-state index contributed by atoms with van der Waals surface area (Å²) in [5.41, 5.74) is 1.84. The van der Waals surface area contributed by atoms with Gasteiger partial charge in [0.25, 0.3) is 0 Å². The van der Waals surface area contributed by atoms with Gasteiger partial charge in [0.05, 0.1) is 5.69 Å². The maximum Gasteiger partial charge on any atom is 0.162 e. The molecule has 0 spiro atoms. The second kappa shape index (κ2) is 6.32. The molecule has 0 saturated carbocycles. The molecule has 21 heavy (non-hydrogen) atoms. The van der Waals surface area contributed by atoms with Gasteiger partial charge in [-0.05, 0) is 25.1 Å². The van der Waals surface area contributed by atoms with Crippen molar-refractivity contribution in [1.29, 1.82) is 0 Å². The monoisotopic (exact) mass is 367 g/mol. The van der Waals surface area contributed by atoms with E-state index >= 15 is 0 Å². The summed E-state index contributed by atoms with van der Waals surface area (Å²) in [6.45, 7) is 9.29. The highest BCUT2D eigenvalue weighted by molar-refractivity contribution is 9.10. The molecule has 1 aromatic heterocycles. The average Bonchev–Trinajstić information content (AvgIpc) is 2.40. The normalized spacial score (nSPS) is 11.5. The molecule has 0 bridgehead atoms. The van der Waals surface area contributed by atoms with Crippen LogP contribution in [0.2, 0.25) is 5.02 Å². The van der Waals surface area contributed by atoms with Crippen LogP contribution in [0.5, 0.6) is 0 Å². The van der Waals surface area contributed by atoms with Crippen LogP contribution in [0.4, 0.5) is 5.82 Å². The largest absolute Gasteiger partial charge is 0.370 e. The smallest absolute Gasteiger partial charge is 0.162 e. The maximum absolute atomic E-state index is 6.11. The Kier molecular flexibility index (Phi) is 4.89. The average molecular weight is 369 g/mol. The van der Waals surface area contributed by atoms with E-state index in [4.69, 9.17) is 16.6 Å². The molecule has 2 rings (SSSR count). The fourth-order valence-corrected chi connectivity index (χ4v) is 2.49. The van der Waals surface area contributed by atoms with Gasteiger partial charge in [-0.15, -0.1) is 0 Å². The summed E-state index contributed by atoms with van der Waals surface area (Å²) >= 11 is 9.65. The molecule has 0 aliphatic rings. The molecule has 0 aliphatic heterocycles. The number of nitrogens with one attached hydrogen (secondary N) is 1. The molecule has 1 N–H and O–H groups in total. The Morgan fingerprint density at radius 3 is 2.52 bits per heavy atom. The van der Waals surface area contributed by atoms with Crippen LogP contribution >= 0.6 is 27.5 Å². The van der Waals surface area contributed by atoms with Crippen LogP contribution in [0.1, 0.15) is 33.4 Å². The summed E-state index contributed by atoms with van der Waals surface area (Å²) in [7, 11) is 0. The zero-order valence-electron chi connectivity index (χ0n) is 12.7. The van der Waals surface area contributed by atoms with Gasteiger partial charge < -0.3 is 5.32 Å². The Morgan fingerprint density at radius 1 is 1.19 bits per heavy atom. The lowest BCUT2D eigenvalue weighted by molar-refractivity contribution is 0.568. The number of anilines is 1. The molecular weight excluding hydrogens is 350 g/mol. The molecule has 3 nitrogen and oxygen atoms in total. The Morgan fingerprint density at radius 2 is 1.90 bits per heavy atom. The highest BCUT2D eigenvalue weighted by atomic mass is 79.9. The molecule has 0 radical (unpaired) electrons. The minimum atomic E-state index is -0.0487.